The molecule has 6 nitrogen and oxygen atoms in total. The Morgan fingerprint density at radius 2 is 1.76 bits per heavy atom. The molecule has 0 atom stereocenters. The van der Waals surface area contributed by atoms with Crippen molar-refractivity contribution in [1.82, 2.24) is 15.2 Å². The molecule has 4 aromatic rings. The summed E-state index contributed by atoms with van der Waals surface area (Å²) in [4.78, 5) is 30.2. The summed E-state index contributed by atoms with van der Waals surface area (Å²) in [5, 5.41) is 2.78. The van der Waals surface area contributed by atoms with Crippen molar-refractivity contribution in [2.75, 3.05) is 13.1 Å². The van der Waals surface area contributed by atoms with Crippen molar-refractivity contribution >= 4 is 28.9 Å². The molecule has 0 radical (unpaired) electrons. The molecule has 5 rings (SSSR count). The van der Waals surface area contributed by atoms with Gasteiger partial charge in [-0.15, -0.1) is 0 Å². The fourth-order valence-electron chi connectivity index (χ4n) is 4.58. The van der Waals surface area contributed by atoms with E-state index in [2.05, 4.69) is 10.3 Å². The van der Waals surface area contributed by atoms with E-state index >= 15 is 0 Å². The quantitative estimate of drug-likeness (QED) is 0.207. The number of carbonyl (C=O) groups is 2. The average Bonchev–Trinajstić information content (AvgIpc) is 3.37. The zero-order chi connectivity index (χ0) is 29.2. The van der Waals surface area contributed by atoms with Crippen LogP contribution in [0.2, 0.25) is 0 Å². The summed E-state index contributed by atoms with van der Waals surface area (Å²) in [5.41, 5.74) is 0.309. The lowest BCUT2D eigenvalue weighted by molar-refractivity contribution is -0.136. The first-order valence-electron chi connectivity index (χ1n) is 12.8. The number of carbonyl (C=O) groups excluding carboxylic acids is 2. The van der Waals surface area contributed by atoms with Crippen LogP contribution in [-0.2, 0) is 17.5 Å². The van der Waals surface area contributed by atoms with Crippen molar-refractivity contribution in [1.29, 1.82) is 0 Å². The second-order valence-corrected chi connectivity index (χ2v) is 9.72. The third-order valence-electron chi connectivity index (χ3n) is 6.77. The van der Waals surface area contributed by atoms with Crippen molar-refractivity contribution in [2.24, 2.45) is 0 Å². The molecule has 3 heterocycles. The predicted molar refractivity (Wildman–Crippen MR) is 142 cm³/mol. The van der Waals surface area contributed by atoms with Gasteiger partial charge in [-0.1, -0.05) is 18.2 Å². The Kier molecular flexibility index (Phi) is 7.61. The SMILES string of the molecule is O=C(C=Cc1cccnc1)NCc1cc2cc(-c3ccc(C(=O)N4CCC(F)(F)CC4)cc3)cc(C(F)(F)F)c2o1. The van der Waals surface area contributed by atoms with Gasteiger partial charge in [-0.25, -0.2) is 8.78 Å². The van der Waals surface area contributed by atoms with E-state index in [0.29, 0.717) is 11.1 Å². The highest BCUT2D eigenvalue weighted by Gasteiger charge is 2.36. The number of nitrogens with one attached hydrogen (secondary N) is 1. The number of benzene rings is 2. The number of hydrogen-bond acceptors (Lipinski definition) is 4. The van der Waals surface area contributed by atoms with Crippen molar-refractivity contribution in [3.8, 4) is 11.1 Å². The molecule has 2 aromatic carbocycles. The first kappa shape index (κ1) is 28.0. The van der Waals surface area contributed by atoms with Crippen LogP contribution in [0.25, 0.3) is 28.2 Å². The zero-order valence-electron chi connectivity index (χ0n) is 21.6. The molecule has 0 unspecified atom stereocenters. The fourth-order valence-corrected chi connectivity index (χ4v) is 4.58. The van der Waals surface area contributed by atoms with E-state index < -0.39 is 42.3 Å². The van der Waals surface area contributed by atoms with Gasteiger partial charge in [0.05, 0.1) is 12.1 Å². The lowest BCUT2D eigenvalue weighted by Gasteiger charge is -2.31. The second kappa shape index (κ2) is 11.1. The highest BCUT2D eigenvalue weighted by Crippen LogP contribution is 2.39. The Morgan fingerprint density at radius 1 is 1.02 bits per heavy atom. The molecule has 0 bridgehead atoms. The fraction of sp³-hybridized carbons (Fsp3) is 0.233. The predicted octanol–water partition coefficient (Wildman–Crippen LogP) is 6.71. The molecule has 0 aliphatic carbocycles. The molecule has 1 saturated heterocycles. The number of fused-ring (bicyclic) bond motifs is 1. The van der Waals surface area contributed by atoms with Crippen molar-refractivity contribution in [3.63, 3.8) is 0 Å². The number of rotatable bonds is 6. The highest BCUT2D eigenvalue weighted by molar-refractivity contribution is 5.95. The number of nitrogens with zero attached hydrogens (tertiary/aromatic N) is 2. The molecule has 212 valence electrons. The Bertz CT molecular complexity index is 1590. The minimum Gasteiger partial charge on any atom is -0.459 e. The van der Waals surface area contributed by atoms with Gasteiger partial charge < -0.3 is 14.6 Å². The van der Waals surface area contributed by atoms with E-state index in [-0.39, 0.29) is 47.5 Å². The molecular formula is C30H24F5N3O3. The normalized spacial score (nSPS) is 15.4. The van der Waals surface area contributed by atoms with Gasteiger partial charge in [-0.05, 0) is 59.2 Å². The maximum absolute atomic E-state index is 14.0. The lowest BCUT2D eigenvalue weighted by atomic mass is 9.98. The molecule has 1 fully saturated rings. The van der Waals surface area contributed by atoms with E-state index in [1.54, 1.807) is 30.6 Å². The molecule has 2 aromatic heterocycles. The number of aromatic nitrogens is 1. The monoisotopic (exact) mass is 569 g/mol. The topological polar surface area (TPSA) is 75.4 Å². The maximum atomic E-state index is 14.0. The number of pyridine rings is 1. The van der Waals surface area contributed by atoms with Crippen molar-refractivity contribution < 1.29 is 36.0 Å². The summed E-state index contributed by atoms with van der Waals surface area (Å²) in [6, 6.07) is 13.4. The van der Waals surface area contributed by atoms with Crippen LogP contribution in [0.4, 0.5) is 22.0 Å². The number of furan rings is 1. The molecule has 0 saturated carbocycles. The number of alkyl halides is 5. The minimum atomic E-state index is -4.72. The van der Waals surface area contributed by atoms with Gasteiger partial charge in [0.1, 0.15) is 11.3 Å². The van der Waals surface area contributed by atoms with Gasteiger partial charge >= 0.3 is 6.18 Å². The van der Waals surface area contributed by atoms with Gasteiger partial charge in [-0.3, -0.25) is 14.6 Å². The van der Waals surface area contributed by atoms with E-state index in [1.807, 2.05) is 0 Å². The largest absolute Gasteiger partial charge is 0.459 e. The van der Waals surface area contributed by atoms with Crippen molar-refractivity contribution in [3.05, 3.63) is 95.5 Å². The molecule has 1 aliphatic rings. The number of amides is 2. The van der Waals surface area contributed by atoms with Gasteiger partial charge in [-0.2, -0.15) is 13.2 Å². The van der Waals surface area contributed by atoms with E-state index in [1.165, 1.54) is 47.4 Å². The lowest BCUT2D eigenvalue weighted by Crippen LogP contribution is -2.42. The van der Waals surface area contributed by atoms with E-state index in [0.717, 1.165) is 6.07 Å². The average molecular weight is 570 g/mol. The van der Waals surface area contributed by atoms with Crippen molar-refractivity contribution in [2.45, 2.75) is 31.5 Å². The smallest absolute Gasteiger partial charge is 0.420 e. The Balaban J connectivity index is 1.34. The van der Waals surface area contributed by atoms with Gasteiger partial charge in [0.25, 0.3) is 11.8 Å². The van der Waals surface area contributed by atoms with Crippen LogP contribution in [0.1, 0.15) is 40.1 Å². The third kappa shape index (κ3) is 6.62. The van der Waals surface area contributed by atoms with E-state index in [4.69, 9.17) is 4.42 Å². The highest BCUT2D eigenvalue weighted by atomic mass is 19.4. The molecule has 1 N–H and O–H groups in total. The van der Waals surface area contributed by atoms with Crippen LogP contribution < -0.4 is 5.32 Å². The second-order valence-electron chi connectivity index (χ2n) is 9.72. The summed E-state index contributed by atoms with van der Waals surface area (Å²) >= 11 is 0. The number of hydrogen-bond donors (Lipinski definition) is 1. The molecule has 2 amide bonds. The van der Waals surface area contributed by atoms with Crippen LogP contribution in [0.3, 0.4) is 0 Å². The summed E-state index contributed by atoms with van der Waals surface area (Å²) in [6.07, 6.45) is 0.478. The molecule has 11 heteroatoms. The molecule has 1 aliphatic heterocycles. The molecular weight excluding hydrogens is 545 g/mol. The van der Waals surface area contributed by atoms with Crippen LogP contribution in [0.15, 0.2) is 77.5 Å². The summed E-state index contributed by atoms with van der Waals surface area (Å²) in [5.74, 6) is -3.52. The van der Waals surface area contributed by atoms with Crippen LogP contribution in [0.5, 0.6) is 0 Å². The third-order valence-corrected chi connectivity index (χ3v) is 6.77. The summed E-state index contributed by atoms with van der Waals surface area (Å²) in [7, 11) is 0. The number of halogens is 5. The zero-order valence-corrected chi connectivity index (χ0v) is 21.6. The maximum Gasteiger partial charge on any atom is 0.420 e. The van der Waals surface area contributed by atoms with Crippen LogP contribution in [-0.4, -0.2) is 40.7 Å². The Labute approximate surface area is 231 Å². The van der Waals surface area contributed by atoms with Gasteiger partial charge in [0.2, 0.25) is 5.91 Å². The van der Waals surface area contributed by atoms with Gasteiger partial charge in [0.15, 0.2) is 0 Å². The number of piperidine rings is 1. The van der Waals surface area contributed by atoms with Gasteiger partial charge in [0, 0.05) is 55.4 Å². The van der Waals surface area contributed by atoms with Crippen LogP contribution in [0, 0.1) is 0 Å². The minimum absolute atomic E-state index is 0.0662. The summed E-state index contributed by atoms with van der Waals surface area (Å²) < 4.78 is 74.3. The number of likely N-dealkylation sites (tertiary alicyclic amines) is 1. The molecule has 41 heavy (non-hydrogen) atoms. The standard InChI is InChI=1S/C30H24F5N3O3/c31-29(32)9-12-38(13-10-29)28(40)21-6-4-20(5-7-21)22-14-23-15-24(41-27(23)25(16-22)30(33,34)35)18-37-26(39)8-3-19-2-1-11-36-17-19/h1-8,11,14-17H,9-10,12-13,18H2,(H,37,39). The Morgan fingerprint density at radius 3 is 2.41 bits per heavy atom. The van der Waals surface area contributed by atoms with Crippen LogP contribution >= 0.6 is 0 Å². The molecule has 0 spiro atoms. The Hall–Kier alpha value is -4.54. The first-order chi connectivity index (χ1) is 19.5. The first-order valence-corrected chi connectivity index (χ1v) is 12.8. The summed E-state index contributed by atoms with van der Waals surface area (Å²) in [6.45, 7) is -0.261. The van der Waals surface area contributed by atoms with E-state index in [9.17, 15) is 31.5 Å².